The van der Waals surface area contributed by atoms with Crippen molar-refractivity contribution in [2.45, 2.75) is 91.3 Å². The zero-order valence-electron chi connectivity index (χ0n) is 25.4. The van der Waals surface area contributed by atoms with Gasteiger partial charge in [-0.25, -0.2) is 4.79 Å². The zero-order chi connectivity index (χ0) is 30.5. The number of alkyl carbamates (subject to hydrolysis) is 1. The molecule has 0 spiro atoms. The van der Waals surface area contributed by atoms with E-state index in [0.717, 1.165) is 24.0 Å². The number of amides is 3. The third-order valence-electron chi connectivity index (χ3n) is 10.5. The Balaban J connectivity index is 1.39. The number of nitrogens with zero attached hydrogens (tertiary/aromatic N) is 1. The SMILES string of the molecule is CC(C)[C@@H](C)OC(=O)N[C@H](C(=O)N1C[C@H]2[C@@H]([C@H]1C(=O)CC(CC1CC1)C(=O)C(N)=O)C2(C)C)C1Cc2ccccc2C1. The van der Waals surface area contributed by atoms with E-state index in [4.69, 9.17) is 10.5 Å². The molecule has 228 valence electrons. The van der Waals surface area contributed by atoms with E-state index in [-0.39, 0.29) is 53.3 Å². The number of likely N-dealkylation sites (tertiary alicyclic amines) is 1. The first-order valence-electron chi connectivity index (χ1n) is 15.5. The minimum absolute atomic E-state index is 0.0338. The summed E-state index contributed by atoms with van der Waals surface area (Å²) < 4.78 is 5.60. The molecule has 9 heteroatoms. The van der Waals surface area contributed by atoms with E-state index in [0.29, 0.717) is 31.7 Å². The molecule has 0 bridgehead atoms. The molecule has 1 aliphatic heterocycles. The van der Waals surface area contributed by atoms with Crippen molar-refractivity contribution >= 4 is 29.5 Å². The molecule has 1 saturated heterocycles. The number of benzene rings is 1. The largest absolute Gasteiger partial charge is 0.446 e. The number of ketones is 2. The highest BCUT2D eigenvalue weighted by atomic mass is 16.6. The topological polar surface area (TPSA) is 136 Å². The third kappa shape index (κ3) is 5.97. The van der Waals surface area contributed by atoms with Crippen molar-refractivity contribution in [2.24, 2.45) is 46.7 Å². The van der Waals surface area contributed by atoms with Crippen LogP contribution in [0, 0.1) is 40.9 Å². The maximum absolute atomic E-state index is 14.4. The number of Topliss-reactive ketones (excluding diaryl/α,β-unsaturated/α-hetero) is 2. The Morgan fingerprint density at radius 3 is 2.21 bits per heavy atom. The normalized spacial score (nSPS) is 26.1. The molecule has 1 unspecified atom stereocenters. The highest BCUT2D eigenvalue weighted by molar-refractivity contribution is 6.36. The van der Waals surface area contributed by atoms with Crippen LogP contribution < -0.4 is 11.1 Å². The van der Waals surface area contributed by atoms with Crippen molar-refractivity contribution in [1.82, 2.24) is 10.2 Å². The van der Waals surface area contributed by atoms with Crippen LogP contribution >= 0.6 is 0 Å². The van der Waals surface area contributed by atoms with Crippen LogP contribution in [0.1, 0.15) is 71.4 Å². The Bertz CT molecular complexity index is 1240. The maximum atomic E-state index is 14.4. The minimum atomic E-state index is -1.02. The van der Waals surface area contributed by atoms with Crippen molar-refractivity contribution in [1.29, 1.82) is 0 Å². The first-order chi connectivity index (χ1) is 19.8. The fourth-order valence-corrected chi connectivity index (χ4v) is 7.34. The molecule has 9 nitrogen and oxygen atoms in total. The molecule has 2 saturated carbocycles. The van der Waals surface area contributed by atoms with Crippen LogP contribution in [0.3, 0.4) is 0 Å². The lowest BCUT2D eigenvalue weighted by Gasteiger charge is -2.35. The molecule has 42 heavy (non-hydrogen) atoms. The predicted molar refractivity (Wildman–Crippen MR) is 156 cm³/mol. The second-order valence-corrected chi connectivity index (χ2v) is 14.1. The average molecular weight is 580 g/mol. The molecule has 3 amide bonds. The van der Waals surface area contributed by atoms with Gasteiger partial charge in [-0.1, -0.05) is 64.8 Å². The Kier molecular flexibility index (Phi) is 8.25. The number of fused-ring (bicyclic) bond motifs is 2. The second kappa shape index (κ2) is 11.5. The van der Waals surface area contributed by atoms with Crippen LogP contribution in [0.2, 0.25) is 0 Å². The van der Waals surface area contributed by atoms with Gasteiger partial charge in [0.15, 0.2) is 5.78 Å². The lowest BCUT2D eigenvalue weighted by Crippen LogP contribution is -2.57. The lowest BCUT2D eigenvalue weighted by atomic mass is 9.86. The number of primary amides is 1. The molecule has 3 aliphatic carbocycles. The van der Waals surface area contributed by atoms with Crippen molar-refractivity contribution in [2.75, 3.05) is 6.54 Å². The summed E-state index contributed by atoms with van der Waals surface area (Å²) in [5.41, 5.74) is 7.53. The molecule has 1 heterocycles. The monoisotopic (exact) mass is 579 g/mol. The van der Waals surface area contributed by atoms with Gasteiger partial charge in [-0.2, -0.15) is 0 Å². The summed E-state index contributed by atoms with van der Waals surface area (Å²) in [4.78, 5) is 67.5. The Labute approximate surface area is 248 Å². The summed E-state index contributed by atoms with van der Waals surface area (Å²) in [5.74, 6) is -2.60. The Morgan fingerprint density at radius 2 is 1.67 bits per heavy atom. The highest BCUT2D eigenvalue weighted by Crippen LogP contribution is 2.65. The fraction of sp³-hybridized carbons (Fsp3) is 0.667. The van der Waals surface area contributed by atoms with E-state index in [1.807, 2.05) is 45.0 Å². The van der Waals surface area contributed by atoms with Gasteiger partial charge in [0, 0.05) is 18.9 Å². The molecule has 1 aromatic rings. The first kappa shape index (κ1) is 30.2. The van der Waals surface area contributed by atoms with Gasteiger partial charge in [0.1, 0.15) is 12.1 Å². The van der Waals surface area contributed by atoms with Crippen LogP contribution in [0.5, 0.6) is 0 Å². The summed E-state index contributed by atoms with van der Waals surface area (Å²) in [5, 5.41) is 2.90. The number of ether oxygens (including phenoxy) is 1. The van der Waals surface area contributed by atoms with Gasteiger partial charge in [0.2, 0.25) is 11.7 Å². The first-order valence-corrected chi connectivity index (χ1v) is 15.5. The summed E-state index contributed by atoms with van der Waals surface area (Å²) >= 11 is 0. The summed E-state index contributed by atoms with van der Waals surface area (Å²) in [6.45, 7) is 10.4. The number of hydrogen-bond acceptors (Lipinski definition) is 6. The Morgan fingerprint density at radius 1 is 1.05 bits per heavy atom. The number of nitrogens with one attached hydrogen (secondary N) is 1. The van der Waals surface area contributed by atoms with Crippen molar-refractivity contribution < 1.29 is 28.7 Å². The number of rotatable bonds is 12. The second-order valence-electron chi connectivity index (χ2n) is 14.1. The molecule has 0 aromatic heterocycles. The summed E-state index contributed by atoms with van der Waals surface area (Å²) in [7, 11) is 0. The lowest BCUT2D eigenvalue weighted by molar-refractivity contribution is -0.144. The molecule has 3 N–H and O–H groups in total. The van der Waals surface area contributed by atoms with Gasteiger partial charge in [-0.05, 0) is 72.3 Å². The van der Waals surface area contributed by atoms with E-state index in [1.165, 1.54) is 0 Å². The summed E-state index contributed by atoms with van der Waals surface area (Å²) in [6.07, 6.45) is 2.61. The molecule has 0 radical (unpaired) electrons. The number of carbonyl (C=O) groups excluding carboxylic acids is 5. The standard InChI is InChI=1S/C33H45N3O6/c1-17(2)18(3)42-32(41)35-27(22-13-20-8-6-7-9-21(20)14-22)31(40)36-16-24-26(33(24,4)5)28(36)25(37)15-23(12-19-10-11-19)29(38)30(34)39/h6-9,17-19,22-24,26-28H,10-16H2,1-5H3,(H2,34,39)(H,35,41)/t18-,23?,24+,26+,27+,28-/m1/s1. The van der Waals surface area contributed by atoms with Gasteiger partial charge < -0.3 is 20.7 Å². The molecular weight excluding hydrogens is 534 g/mol. The maximum Gasteiger partial charge on any atom is 0.408 e. The highest BCUT2D eigenvalue weighted by Gasteiger charge is 2.69. The van der Waals surface area contributed by atoms with Crippen molar-refractivity contribution in [3.63, 3.8) is 0 Å². The van der Waals surface area contributed by atoms with E-state index in [1.54, 1.807) is 4.90 Å². The van der Waals surface area contributed by atoms with Crippen LogP contribution in [-0.4, -0.2) is 59.1 Å². The number of nitrogens with two attached hydrogens (primary N) is 1. The number of hydrogen-bond donors (Lipinski definition) is 2. The summed E-state index contributed by atoms with van der Waals surface area (Å²) in [6, 6.07) is 6.46. The van der Waals surface area contributed by atoms with Gasteiger partial charge in [-0.3, -0.25) is 19.2 Å². The van der Waals surface area contributed by atoms with E-state index >= 15 is 0 Å². The molecular formula is C33H45N3O6. The van der Waals surface area contributed by atoms with Crippen molar-refractivity contribution in [3.8, 4) is 0 Å². The molecule has 6 atom stereocenters. The van der Waals surface area contributed by atoms with Gasteiger partial charge in [0.25, 0.3) is 5.91 Å². The predicted octanol–water partition coefficient (Wildman–Crippen LogP) is 3.45. The van der Waals surface area contributed by atoms with E-state index < -0.39 is 35.8 Å². The van der Waals surface area contributed by atoms with Gasteiger partial charge >= 0.3 is 6.09 Å². The quantitative estimate of drug-likeness (QED) is 0.364. The molecule has 3 fully saturated rings. The molecule has 5 rings (SSSR count). The minimum Gasteiger partial charge on any atom is -0.446 e. The van der Waals surface area contributed by atoms with E-state index in [2.05, 4.69) is 19.2 Å². The molecule has 4 aliphatic rings. The fourth-order valence-electron chi connectivity index (χ4n) is 7.34. The van der Waals surface area contributed by atoms with E-state index in [9.17, 15) is 24.0 Å². The smallest absolute Gasteiger partial charge is 0.408 e. The average Bonchev–Trinajstić information content (AvgIpc) is 3.68. The van der Waals surface area contributed by atoms with Crippen LogP contribution in [0.4, 0.5) is 4.79 Å². The van der Waals surface area contributed by atoms with Crippen LogP contribution in [0.25, 0.3) is 0 Å². The van der Waals surface area contributed by atoms with Crippen LogP contribution in [0.15, 0.2) is 24.3 Å². The van der Waals surface area contributed by atoms with Crippen LogP contribution in [-0.2, 0) is 36.8 Å². The van der Waals surface area contributed by atoms with Crippen molar-refractivity contribution in [3.05, 3.63) is 35.4 Å². The molecule has 1 aromatic carbocycles. The van der Waals surface area contributed by atoms with Gasteiger partial charge in [0.05, 0.1) is 6.04 Å². The van der Waals surface area contributed by atoms with Gasteiger partial charge in [-0.15, -0.1) is 0 Å². The number of piperidine rings is 1. The Hall–Kier alpha value is -3.23. The third-order valence-corrected chi connectivity index (χ3v) is 10.5. The zero-order valence-corrected chi connectivity index (χ0v) is 25.4. The number of carbonyl (C=O) groups is 5.